The van der Waals surface area contributed by atoms with E-state index < -0.39 is 10.0 Å². The highest BCUT2D eigenvalue weighted by Gasteiger charge is 2.24. The third-order valence-corrected chi connectivity index (χ3v) is 4.62. The van der Waals surface area contributed by atoms with Gasteiger partial charge in [-0.3, -0.25) is 4.68 Å². The Morgan fingerprint density at radius 1 is 1.47 bits per heavy atom. The summed E-state index contributed by atoms with van der Waals surface area (Å²) in [6.07, 6.45) is 4.76. The molecule has 1 heterocycles. The molecule has 1 aromatic rings. The average Bonchev–Trinajstić information content (AvgIpc) is 2.71. The fourth-order valence-corrected chi connectivity index (χ4v) is 3.59. The Bertz CT molecular complexity index is 444. The van der Waals surface area contributed by atoms with Crippen LogP contribution in [0.4, 0.5) is 0 Å². The Hall–Kier alpha value is -0.400. The molecular weight excluding hydrogens is 306 g/mol. The Morgan fingerprint density at radius 3 is 2.65 bits per heavy atom. The SMILES string of the molecule is CCCCN(CCBr)S(=O)(=O)c1cnn(C)c1. The van der Waals surface area contributed by atoms with Gasteiger partial charge < -0.3 is 0 Å². The second-order valence-electron chi connectivity index (χ2n) is 3.80. The van der Waals surface area contributed by atoms with E-state index >= 15 is 0 Å². The highest BCUT2D eigenvalue weighted by atomic mass is 79.9. The third-order valence-electron chi connectivity index (χ3n) is 2.41. The highest BCUT2D eigenvalue weighted by Crippen LogP contribution is 2.15. The minimum atomic E-state index is -3.39. The monoisotopic (exact) mass is 323 g/mol. The van der Waals surface area contributed by atoms with Gasteiger partial charge in [-0.05, 0) is 6.42 Å². The molecule has 0 amide bonds. The number of aryl methyl sites for hydroxylation is 1. The Balaban J connectivity index is 2.91. The number of halogens is 1. The van der Waals surface area contributed by atoms with Crippen molar-refractivity contribution in [3.63, 3.8) is 0 Å². The van der Waals surface area contributed by atoms with E-state index in [-0.39, 0.29) is 4.90 Å². The number of sulfonamides is 1. The maximum atomic E-state index is 12.3. The van der Waals surface area contributed by atoms with Crippen molar-refractivity contribution in [1.29, 1.82) is 0 Å². The number of unbranched alkanes of at least 4 members (excludes halogenated alkanes) is 1. The summed E-state index contributed by atoms with van der Waals surface area (Å²) in [5.41, 5.74) is 0. The van der Waals surface area contributed by atoms with Crippen LogP contribution in [0, 0.1) is 0 Å². The Morgan fingerprint density at radius 2 is 2.18 bits per heavy atom. The maximum absolute atomic E-state index is 12.3. The quantitative estimate of drug-likeness (QED) is 0.716. The van der Waals surface area contributed by atoms with Crippen LogP contribution in [0.3, 0.4) is 0 Å². The van der Waals surface area contributed by atoms with Crippen molar-refractivity contribution in [2.75, 3.05) is 18.4 Å². The Labute approximate surface area is 111 Å². The molecule has 98 valence electrons. The Kier molecular flexibility index (Phi) is 5.61. The van der Waals surface area contributed by atoms with Crippen molar-refractivity contribution >= 4 is 26.0 Å². The van der Waals surface area contributed by atoms with Crippen LogP contribution in [0.2, 0.25) is 0 Å². The van der Waals surface area contributed by atoms with Gasteiger partial charge in [0.1, 0.15) is 4.90 Å². The standard InChI is InChI=1S/C10H18BrN3O2S/c1-3-4-6-14(7-5-11)17(15,16)10-8-12-13(2)9-10/h8-9H,3-7H2,1-2H3. The van der Waals surface area contributed by atoms with E-state index in [2.05, 4.69) is 21.0 Å². The molecular formula is C10H18BrN3O2S. The summed E-state index contributed by atoms with van der Waals surface area (Å²) in [6.45, 7) is 3.08. The van der Waals surface area contributed by atoms with Crippen molar-refractivity contribution in [2.45, 2.75) is 24.7 Å². The van der Waals surface area contributed by atoms with Crippen LogP contribution in [-0.2, 0) is 17.1 Å². The van der Waals surface area contributed by atoms with Crippen LogP contribution >= 0.6 is 15.9 Å². The van der Waals surface area contributed by atoms with Gasteiger partial charge in [-0.1, -0.05) is 29.3 Å². The normalized spacial score (nSPS) is 12.2. The van der Waals surface area contributed by atoms with Gasteiger partial charge in [0.25, 0.3) is 0 Å². The van der Waals surface area contributed by atoms with Gasteiger partial charge in [0.2, 0.25) is 10.0 Å². The molecule has 0 aliphatic rings. The summed E-state index contributed by atoms with van der Waals surface area (Å²) >= 11 is 3.29. The number of aromatic nitrogens is 2. The maximum Gasteiger partial charge on any atom is 0.246 e. The summed E-state index contributed by atoms with van der Waals surface area (Å²) in [4.78, 5) is 0.261. The van der Waals surface area contributed by atoms with Gasteiger partial charge in [-0.15, -0.1) is 0 Å². The first-order valence-electron chi connectivity index (χ1n) is 5.57. The summed E-state index contributed by atoms with van der Waals surface area (Å²) in [7, 11) is -1.69. The van der Waals surface area contributed by atoms with Gasteiger partial charge in [-0.25, -0.2) is 8.42 Å². The first kappa shape index (κ1) is 14.7. The third kappa shape index (κ3) is 3.79. The van der Waals surface area contributed by atoms with Gasteiger partial charge in [0, 0.05) is 31.7 Å². The van der Waals surface area contributed by atoms with E-state index in [1.165, 1.54) is 21.4 Å². The molecule has 0 N–H and O–H groups in total. The van der Waals surface area contributed by atoms with Crippen LogP contribution in [0.5, 0.6) is 0 Å². The lowest BCUT2D eigenvalue weighted by Gasteiger charge is -2.19. The molecule has 0 aromatic carbocycles. The molecule has 0 saturated heterocycles. The first-order valence-corrected chi connectivity index (χ1v) is 8.13. The minimum Gasteiger partial charge on any atom is -0.274 e. The van der Waals surface area contributed by atoms with E-state index in [0.29, 0.717) is 18.4 Å². The molecule has 1 aromatic heterocycles. The molecule has 0 spiro atoms. The fourth-order valence-electron chi connectivity index (χ4n) is 1.46. The van der Waals surface area contributed by atoms with Crippen LogP contribution in [-0.4, -0.2) is 40.9 Å². The molecule has 17 heavy (non-hydrogen) atoms. The van der Waals surface area contributed by atoms with Gasteiger partial charge in [-0.2, -0.15) is 9.40 Å². The second kappa shape index (κ2) is 6.51. The van der Waals surface area contributed by atoms with Crippen molar-refractivity contribution in [3.05, 3.63) is 12.4 Å². The molecule has 0 saturated carbocycles. The van der Waals surface area contributed by atoms with E-state index in [1.54, 1.807) is 7.05 Å². The van der Waals surface area contributed by atoms with Crippen LogP contribution < -0.4 is 0 Å². The van der Waals surface area contributed by atoms with E-state index in [4.69, 9.17) is 0 Å². The zero-order valence-corrected chi connectivity index (χ0v) is 12.5. The van der Waals surface area contributed by atoms with Gasteiger partial charge >= 0.3 is 0 Å². The molecule has 0 unspecified atom stereocenters. The van der Waals surface area contributed by atoms with Crippen LogP contribution in [0.15, 0.2) is 17.3 Å². The summed E-state index contributed by atoms with van der Waals surface area (Å²) < 4.78 is 27.6. The second-order valence-corrected chi connectivity index (χ2v) is 6.53. The van der Waals surface area contributed by atoms with Gasteiger partial charge in [0.05, 0.1) is 6.20 Å². The molecule has 7 heteroatoms. The molecule has 0 radical (unpaired) electrons. The minimum absolute atomic E-state index is 0.261. The largest absolute Gasteiger partial charge is 0.274 e. The topological polar surface area (TPSA) is 55.2 Å². The van der Waals surface area contributed by atoms with Crippen molar-refractivity contribution < 1.29 is 8.42 Å². The molecule has 0 atom stereocenters. The number of hydrogen-bond donors (Lipinski definition) is 0. The molecule has 0 aliphatic carbocycles. The zero-order chi connectivity index (χ0) is 12.9. The number of alkyl halides is 1. The average molecular weight is 324 g/mol. The van der Waals surface area contributed by atoms with Crippen molar-refractivity contribution in [3.8, 4) is 0 Å². The number of nitrogens with zero attached hydrogens (tertiary/aromatic N) is 3. The summed E-state index contributed by atoms with van der Waals surface area (Å²) in [6, 6.07) is 0. The van der Waals surface area contributed by atoms with Crippen molar-refractivity contribution in [1.82, 2.24) is 14.1 Å². The molecule has 1 rings (SSSR count). The van der Waals surface area contributed by atoms with Gasteiger partial charge in [0.15, 0.2) is 0 Å². The highest BCUT2D eigenvalue weighted by molar-refractivity contribution is 9.09. The smallest absolute Gasteiger partial charge is 0.246 e. The summed E-state index contributed by atoms with van der Waals surface area (Å²) in [5, 5.41) is 4.54. The molecule has 0 bridgehead atoms. The lowest BCUT2D eigenvalue weighted by molar-refractivity contribution is 0.422. The number of rotatable bonds is 7. The predicted molar refractivity (Wildman–Crippen MR) is 70.7 cm³/mol. The lowest BCUT2D eigenvalue weighted by Crippen LogP contribution is -2.33. The van der Waals surface area contributed by atoms with E-state index in [1.807, 2.05) is 6.92 Å². The zero-order valence-electron chi connectivity index (χ0n) is 10.1. The molecule has 0 fully saturated rings. The fraction of sp³-hybridized carbons (Fsp3) is 0.700. The van der Waals surface area contributed by atoms with E-state index in [0.717, 1.165) is 12.8 Å². The van der Waals surface area contributed by atoms with Crippen molar-refractivity contribution in [2.24, 2.45) is 7.05 Å². The predicted octanol–water partition coefficient (Wildman–Crippen LogP) is 1.61. The van der Waals surface area contributed by atoms with Crippen LogP contribution in [0.1, 0.15) is 19.8 Å². The lowest BCUT2D eigenvalue weighted by atomic mass is 10.3. The first-order chi connectivity index (χ1) is 8.02. The van der Waals surface area contributed by atoms with Crippen LogP contribution in [0.25, 0.3) is 0 Å². The summed E-state index contributed by atoms with van der Waals surface area (Å²) in [5.74, 6) is 0. The number of hydrogen-bond acceptors (Lipinski definition) is 3. The van der Waals surface area contributed by atoms with E-state index in [9.17, 15) is 8.42 Å². The molecule has 0 aliphatic heterocycles. The molecule has 5 nitrogen and oxygen atoms in total.